The minimum absolute atomic E-state index is 2.02. The molecule has 0 fully saturated rings. The molecule has 0 aromatic rings. The van der Waals surface area contributed by atoms with Gasteiger partial charge in [0.15, 0.2) is 0 Å². The molecule has 0 N–H and O–H groups in total. The fourth-order valence-corrected chi connectivity index (χ4v) is 1.67. The van der Waals surface area contributed by atoms with Crippen LogP contribution in [0, 0.1) is 40.5 Å². The van der Waals surface area contributed by atoms with E-state index in [4.69, 9.17) is 0 Å². The summed E-state index contributed by atoms with van der Waals surface area (Å²) in [6, 6.07) is 0. The van der Waals surface area contributed by atoms with Crippen LogP contribution in [0.15, 0.2) is 0 Å². The minimum atomic E-state index is -6.58. The van der Waals surface area contributed by atoms with E-state index in [1.165, 1.54) is 0 Å². The van der Waals surface area contributed by atoms with Gasteiger partial charge in [-0.25, -0.2) is 0 Å². The van der Waals surface area contributed by atoms with Gasteiger partial charge in [0.1, 0.15) is 0 Å². The maximum absolute atomic E-state index is 9.90. The van der Waals surface area contributed by atoms with Gasteiger partial charge in [-0.15, -0.1) is 0 Å². The number of hydrogen-bond acceptors (Lipinski definition) is 8. The SMILES string of the molecule is O=[N+]([O-])[Ru]([N+](=O)[O-])([N+](=O)[O-])[N+](=O)[O-]. The van der Waals surface area contributed by atoms with Crippen molar-refractivity contribution >= 4 is 0 Å². The summed E-state index contributed by atoms with van der Waals surface area (Å²) < 4.78 is -8.07. The predicted octanol–water partition coefficient (Wildman–Crippen LogP) is -1.09. The summed E-state index contributed by atoms with van der Waals surface area (Å²) in [7, 11) is 0. The Balaban J connectivity index is 5.60. The van der Waals surface area contributed by atoms with Crippen LogP contribution in [0.2, 0.25) is 0 Å². The molecule has 0 aliphatic carbocycles. The van der Waals surface area contributed by atoms with Gasteiger partial charge in [-0.1, -0.05) is 0 Å². The standard InChI is InChI=1S/4NO2.Ru/c4*2-1-3;. The van der Waals surface area contributed by atoms with Gasteiger partial charge < -0.3 is 0 Å². The molecule has 0 amide bonds. The summed E-state index contributed by atoms with van der Waals surface area (Å²) in [5.41, 5.74) is 0. The van der Waals surface area contributed by atoms with Crippen molar-refractivity contribution in [3.05, 3.63) is 40.5 Å². The third-order valence-electron chi connectivity index (χ3n) is 0.693. The third kappa shape index (κ3) is 1.40. The first kappa shape index (κ1) is 11.2. The van der Waals surface area contributed by atoms with Crippen molar-refractivity contribution < 1.29 is 30.4 Å². The Morgan fingerprint density at radius 3 is 0.769 bits per heavy atom. The van der Waals surface area contributed by atoms with E-state index in [9.17, 15) is 40.5 Å². The van der Waals surface area contributed by atoms with Crippen molar-refractivity contribution in [2.24, 2.45) is 0 Å². The summed E-state index contributed by atoms with van der Waals surface area (Å²) in [5.74, 6) is 0. The van der Waals surface area contributed by atoms with Gasteiger partial charge in [-0.3, -0.25) is 0 Å². The molecule has 0 rings (SSSR count). The van der Waals surface area contributed by atoms with Gasteiger partial charge in [-0.05, 0) is 0 Å². The molecule has 0 aromatic carbocycles. The average molecular weight is 285 g/mol. The van der Waals surface area contributed by atoms with Crippen LogP contribution in [0.4, 0.5) is 0 Å². The van der Waals surface area contributed by atoms with Gasteiger partial charge >= 0.3 is 70.9 Å². The molecule has 0 bridgehead atoms. The van der Waals surface area contributed by atoms with Crippen molar-refractivity contribution in [2.75, 3.05) is 0 Å². The molecule has 0 spiro atoms. The number of rotatable bonds is 4. The van der Waals surface area contributed by atoms with Crippen LogP contribution in [0.1, 0.15) is 0 Å². The van der Waals surface area contributed by atoms with E-state index in [1.807, 2.05) is 0 Å². The molecule has 0 unspecified atom stereocenters. The van der Waals surface area contributed by atoms with Gasteiger partial charge in [0.25, 0.3) is 0 Å². The van der Waals surface area contributed by atoms with Crippen LogP contribution in [-0.4, -0.2) is 14.7 Å². The molecule has 0 aromatic heterocycles. The van der Waals surface area contributed by atoms with E-state index in [2.05, 4.69) is 0 Å². The Morgan fingerprint density at radius 1 is 0.615 bits per heavy atom. The van der Waals surface area contributed by atoms with Crippen LogP contribution in [0.5, 0.6) is 0 Å². The fourth-order valence-electron chi connectivity index (χ4n) is 0.283. The Kier molecular flexibility index (Phi) is 2.85. The molecule has 0 saturated heterocycles. The van der Waals surface area contributed by atoms with E-state index in [0.717, 1.165) is 0 Å². The molecule has 0 heterocycles. The molecule has 76 valence electrons. The molecule has 12 nitrogen and oxygen atoms in total. The van der Waals surface area contributed by atoms with Crippen molar-refractivity contribution in [3.63, 3.8) is 0 Å². The van der Waals surface area contributed by atoms with Crippen molar-refractivity contribution in [2.45, 2.75) is 0 Å². The normalized spacial score (nSPS) is 11.7. The van der Waals surface area contributed by atoms with Gasteiger partial charge in [0.05, 0.1) is 0 Å². The zero-order valence-electron chi connectivity index (χ0n) is 5.41. The summed E-state index contributed by atoms with van der Waals surface area (Å²) in [6.45, 7) is 0. The number of hydrogen-bond donors (Lipinski definition) is 0. The molecule has 13 heavy (non-hydrogen) atoms. The first-order valence-electron chi connectivity index (χ1n) is 2.09. The van der Waals surface area contributed by atoms with E-state index >= 15 is 0 Å². The van der Waals surface area contributed by atoms with Crippen molar-refractivity contribution in [1.29, 1.82) is 0 Å². The van der Waals surface area contributed by atoms with Gasteiger partial charge in [0.2, 0.25) is 0 Å². The fraction of sp³-hybridized carbons (Fsp3) is 0. The average Bonchev–Trinajstić information content (AvgIpc) is 1.82. The van der Waals surface area contributed by atoms with E-state index in [0.29, 0.717) is 0 Å². The van der Waals surface area contributed by atoms with Crippen LogP contribution < -0.4 is 0 Å². The second kappa shape index (κ2) is 3.30. The van der Waals surface area contributed by atoms with E-state index in [-0.39, 0.29) is 0 Å². The second-order valence-electron chi connectivity index (χ2n) is 1.24. The van der Waals surface area contributed by atoms with Crippen LogP contribution in [0.25, 0.3) is 0 Å². The predicted molar refractivity (Wildman–Crippen MR) is 28.0 cm³/mol. The number of nitro groups is 4. The Morgan fingerprint density at radius 2 is 0.769 bits per heavy atom. The Labute approximate surface area is 71.6 Å². The molecule has 0 aliphatic rings. The molecule has 0 saturated carbocycles. The monoisotopic (exact) mass is 286 g/mol. The number of nitrogens with zero attached hydrogens (tertiary/aromatic N) is 4. The zero-order valence-corrected chi connectivity index (χ0v) is 7.15. The van der Waals surface area contributed by atoms with Crippen LogP contribution in [0.3, 0.4) is 0 Å². The quantitative estimate of drug-likeness (QED) is 0.355. The topological polar surface area (TPSA) is 173 Å². The Bertz CT molecular complexity index is 231. The van der Waals surface area contributed by atoms with Gasteiger partial charge in [0, 0.05) is 0 Å². The van der Waals surface area contributed by atoms with Crippen LogP contribution >= 0.6 is 0 Å². The van der Waals surface area contributed by atoms with Crippen molar-refractivity contribution in [1.82, 2.24) is 0 Å². The van der Waals surface area contributed by atoms with Crippen LogP contribution in [-0.2, 0) is 15.7 Å². The third-order valence-corrected chi connectivity index (χ3v) is 4.10. The molecule has 13 heteroatoms. The first-order chi connectivity index (χ1) is 5.77. The van der Waals surface area contributed by atoms with E-state index in [1.54, 1.807) is 0 Å². The zero-order chi connectivity index (χ0) is 10.8. The summed E-state index contributed by atoms with van der Waals surface area (Å²) >= 11 is -6.58. The van der Waals surface area contributed by atoms with Gasteiger partial charge in [-0.2, -0.15) is 0 Å². The Hall–Kier alpha value is -1.78. The molecule has 0 radical (unpaired) electrons. The summed E-state index contributed by atoms with van der Waals surface area (Å²) in [6.07, 6.45) is 0. The van der Waals surface area contributed by atoms with E-state index < -0.39 is 30.4 Å². The maximum atomic E-state index is 9.90. The molecule has 0 atom stereocenters. The summed E-state index contributed by atoms with van der Waals surface area (Å²) in [4.78, 5) is 39.6. The molecule has 0 aliphatic heterocycles. The van der Waals surface area contributed by atoms with Crippen molar-refractivity contribution in [3.8, 4) is 0 Å². The second-order valence-corrected chi connectivity index (χ2v) is 5.86. The first-order valence-corrected chi connectivity index (χ1v) is 5.20. The molecular weight excluding hydrogens is 285 g/mol. The summed E-state index contributed by atoms with van der Waals surface area (Å²) in [5, 5.41) is 39.6. The molecular formula is N4O8Ru.